The van der Waals surface area contributed by atoms with Crippen LogP contribution < -0.4 is 10.6 Å². The van der Waals surface area contributed by atoms with Gasteiger partial charge in [0.05, 0.1) is 11.9 Å². The van der Waals surface area contributed by atoms with Crippen molar-refractivity contribution in [1.29, 1.82) is 0 Å². The lowest BCUT2D eigenvalue weighted by Gasteiger charge is -2.12. The minimum Gasteiger partial charge on any atom is -0.391 e. The van der Waals surface area contributed by atoms with Gasteiger partial charge < -0.3 is 15.7 Å². The molecule has 2 aliphatic carbocycles. The summed E-state index contributed by atoms with van der Waals surface area (Å²) in [4.78, 5) is 11.4. The third kappa shape index (κ3) is 5.32. The zero-order chi connectivity index (χ0) is 13.2. The number of nitrogens with one attached hydrogen (secondary N) is 2. The van der Waals surface area contributed by atoms with Crippen LogP contribution in [0.1, 0.15) is 25.7 Å². The highest BCUT2D eigenvalue weighted by molar-refractivity contribution is 7.92. The maximum absolute atomic E-state index is 11.7. The Morgan fingerprint density at radius 2 is 1.83 bits per heavy atom. The van der Waals surface area contributed by atoms with Gasteiger partial charge in [-0.3, -0.25) is 4.79 Å². The predicted octanol–water partition coefficient (Wildman–Crippen LogP) is -1.21. The Bertz CT molecular complexity index is 401. The maximum Gasteiger partial charge on any atom is 0.235 e. The average Bonchev–Trinajstić information content (AvgIpc) is 3.07. The third-order valence-corrected chi connectivity index (χ3v) is 4.55. The number of aliphatic hydroxyl groups excluding tert-OH is 1. The third-order valence-electron chi connectivity index (χ3n) is 2.96. The number of hydrogen-bond acceptors (Lipinski definition) is 5. The molecule has 0 saturated heterocycles. The zero-order valence-corrected chi connectivity index (χ0v) is 11.1. The summed E-state index contributed by atoms with van der Waals surface area (Å²) in [6.45, 7) is 0.272. The Morgan fingerprint density at radius 1 is 1.22 bits per heavy atom. The van der Waals surface area contributed by atoms with E-state index in [1.807, 2.05) is 0 Å². The van der Waals surface area contributed by atoms with E-state index in [4.69, 9.17) is 0 Å². The molecule has 0 aliphatic heterocycles. The summed E-state index contributed by atoms with van der Waals surface area (Å²) >= 11 is 0. The van der Waals surface area contributed by atoms with Crippen molar-refractivity contribution < 1.29 is 18.3 Å². The zero-order valence-electron chi connectivity index (χ0n) is 10.3. The molecule has 0 aromatic heterocycles. The number of sulfone groups is 1. The topological polar surface area (TPSA) is 95.5 Å². The van der Waals surface area contributed by atoms with Crippen molar-refractivity contribution in [2.45, 2.75) is 43.9 Å². The molecule has 2 fully saturated rings. The van der Waals surface area contributed by atoms with Gasteiger partial charge in [0.15, 0.2) is 9.84 Å². The molecule has 1 unspecified atom stereocenters. The molecule has 3 N–H and O–H groups in total. The SMILES string of the molecule is O=C(CS(=O)(=O)CC(O)CNC1CC1)NC1CC1. The van der Waals surface area contributed by atoms with Crippen LogP contribution in [-0.4, -0.2) is 55.7 Å². The number of carbonyl (C=O) groups excluding carboxylic acids is 1. The summed E-state index contributed by atoms with van der Waals surface area (Å²) in [6, 6.07) is 0.592. The quantitative estimate of drug-likeness (QED) is 0.517. The molecule has 2 aliphatic rings. The molecule has 104 valence electrons. The molecule has 2 rings (SSSR count). The van der Waals surface area contributed by atoms with Gasteiger partial charge in [-0.15, -0.1) is 0 Å². The first-order valence-electron chi connectivity index (χ1n) is 6.36. The van der Waals surface area contributed by atoms with Crippen LogP contribution in [0.2, 0.25) is 0 Å². The van der Waals surface area contributed by atoms with E-state index in [9.17, 15) is 18.3 Å². The summed E-state index contributed by atoms with van der Waals surface area (Å²) in [5.74, 6) is -1.34. The smallest absolute Gasteiger partial charge is 0.235 e. The fourth-order valence-electron chi connectivity index (χ4n) is 1.70. The number of rotatable bonds is 8. The highest BCUT2D eigenvalue weighted by Crippen LogP contribution is 2.19. The molecule has 2 saturated carbocycles. The van der Waals surface area contributed by atoms with E-state index >= 15 is 0 Å². The minimum atomic E-state index is -3.53. The van der Waals surface area contributed by atoms with Crippen LogP contribution in [0.3, 0.4) is 0 Å². The first kappa shape index (κ1) is 13.8. The number of amides is 1. The fraction of sp³-hybridized carbons (Fsp3) is 0.909. The summed E-state index contributed by atoms with van der Waals surface area (Å²) < 4.78 is 23.3. The summed E-state index contributed by atoms with van der Waals surface area (Å²) in [7, 11) is -3.53. The number of hydrogen-bond donors (Lipinski definition) is 3. The van der Waals surface area contributed by atoms with Crippen molar-refractivity contribution in [3.8, 4) is 0 Å². The van der Waals surface area contributed by atoms with Crippen LogP contribution in [0.25, 0.3) is 0 Å². The van der Waals surface area contributed by atoms with E-state index in [0.29, 0.717) is 6.04 Å². The molecule has 1 atom stereocenters. The Kier molecular flexibility index (Phi) is 4.24. The van der Waals surface area contributed by atoms with Gasteiger partial charge >= 0.3 is 0 Å². The lowest BCUT2D eigenvalue weighted by Crippen LogP contribution is -2.38. The molecular weight excluding hydrogens is 256 g/mol. The van der Waals surface area contributed by atoms with Gasteiger partial charge in [0.1, 0.15) is 5.75 Å². The fourth-order valence-corrected chi connectivity index (χ4v) is 3.00. The molecule has 18 heavy (non-hydrogen) atoms. The summed E-state index contributed by atoms with van der Waals surface area (Å²) in [5, 5.41) is 15.3. The van der Waals surface area contributed by atoms with Gasteiger partial charge in [-0.05, 0) is 25.7 Å². The van der Waals surface area contributed by atoms with E-state index in [2.05, 4.69) is 10.6 Å². The van der Waals surface area contributed by atoms with Crippen LogP contribution in [-0.2, 0) is 14.6 Å². The van der Waals surface area contributed by atoms with Crippen LogP contribution in [0.15, 0.2) is 0 Å². The van der Waals surface area contributed by atoms with E-state index in [0.717, 1.165) is 25.7 Å². The molecule has 0 aromatic carbocycles. The van der Waals surface area contributed by atoms with Gasteiger partial charge in [0.2, 0.25) is 5.91 Å². The van der Waals surface area contributed by atoms with Gasteiger partial charge in [-0.2, -0.15) is 0 Å². The number of aliphatic hydroxyl groups is 1. The molecule has 6 nitrogen and oxygen atoms in total. The average molecular weight is 276 g/mol. The lowest BCUT2D eigenvalue weighted by atomic mass is 10.4. The van der Waals surface area contributed by atoms with Crippen molar-refractivity contribution in [2.24, 2.45) is 0 Å². The molecule has 0 radical (unpaired) electrons. The monoisotopic (exact) mass is 276 g/mol. The van der Waals surface area contributed by atoms with Gasteiger partial charge in [-0.25, -0.2) is 8.42 Å². The van der Waals surface area contributed by atoms with Crippen molar-refractivity contribution in [2.75, 3.05) is 18.1 Å². The van der Waals surface area contributed by atoms with Crippen molar-refractivity contribution in [3.05, 3.63) is 0 Å². The molecule has 7 heteroatoms. The predicted molar refractivity (Wildman–Crippen MR) is 66.9 cm³/mol. The highest BCUT2D eigenvalue weighted by Gasteiger charge is 2.27. The molecule has 0 aromatic rings. The van der Waals surface area contributed by atoms with Gasteiger partial charge in [0, 0.05) is 18.6 Å². The van der Waals surface area contributed by atoms with Crippen molar-refractivity contribution >= 4 is 15.7 Å². The highest BCUT2D eigenvalue weighted by atomic mass is 32.2. The summed E-state index contributed by atoms with van der Waals surface area (Å²) in [5.41, 5.74) is 0. The molecule has 0 heterocycles. The Balaban J connectivity index is 1.68. The maximum atomic E-state index is 11.7. The Labute approximate surface area is 107 Å². The normalized spacial score (nSPS) is 21.6. The van der Waals surface area contributed by atoms with Crippen LogP contribution >= 0.6 is 0 Å². The van der Waals surface area contributed by atoms with E-state index in [1.165, 1.54) is 0 Å². The molecular formula is C11H20N2O4S. The Hall–Kier alpha value is -0.660. The van der Waals surface area contributed by atoms with Crippen LogP contribution in [0.4, 0.5) is 0 Å². The Morgan fingerprint density at radius 3 is 2.39 bits per heavy atom. The number of carbonyl (C=O) groups is 1. The van der Waals surface area contributed by atoms with E-state index in [1.54, 1.807) is 0 Å². The second-order valence-electron chi connectivity index (χ2n) is 5.23. The second kappa shape index (κ2) is 5.54. The van der Waals surface area contributed by atoms with Gasteiger partial charge in [-0.1, -0.05) is 0 Å². The standard InChI is InChI=1S/C11H20N2O4S/c14-10(5-12-8-1-2-8)6-18(16,17)7-11(15)13-9-3-4-9/h8-10,12,14H,1-7H2,(H,13,15). The lowest BCUT2D eigenvalue weighted by molar-refractivity contribution is -0.118. The van der Waals surface area contributed by atoms with Crippen LogP contribution in [0, 0.1) is 0 Å². The van der Waals surface area contributed by atoms with Crippen LogP contribution in [0.5, 0.6) is 0 Å². The summed E-state index contributed by atoms with van der Waals surface area (Å²) in [6.07, 6.45) is 3.09. The minimum absolute atomic E-state index is 0.161. The van der Waals surface area contributed by atoms with Gasteiger partial charge in [0.25, 0.3) is 0 Å². The molecule has 0 bridgehead atoms. The molecule has 0 spiro atoms. The largest absolute Gasteiger partial charge is 0.391 e. The van der Waals surface area contributed by atoms with Crippen molar-refractivity contribution in [1.82, 2.24) is 10.6 Å². The van der Waals surface area contributed by atoms with E-state index < -0.39 is 27.6 Å². The first-order valence-corrected chi connectivity index (χ1v) is 8.18. The van der Waals surface area contributed by atoms with Crippen molar-refractivity contribution in [3.63, 3.8) is 0 Å². The molecule has 1 amide bonds. The first-order chi connectivity index (χ1) is 8.44. The second-order valence-corrected chi connectivity index (χ2v) is 7.34. The van der Waals surface area contributed by atoms with E-state index in [-0.39, 0.29) is 18.3 Å².